The Kier molecular flexibility index (Phi) is 4.65. The van der Waals surface area contributed by atoms with E-state index in [1.54, 1.807) is 6.07 Å². The highest BCUT2D eigenvalue weighted by Crippen LogP contribution is 2.26. The molecular weight excluding hydrogens is 248 g/mol. The first-order chi connectivity index (χ1) is 8.66. The summed E-state index contributed by atoms with van der Waals surface area (Å²) in [6, 6.07) is 5.46. The van der Waals surface area contributed by atoms with Crippen LogP contribution in [0.2, 0.25) is 5.02 Å². The van der Waals surface area contributed by atoms with Crippen LogP contribution in [0.5, 0.6) is 5.75 Å². The van der Waals surface area contributed by atoms with Crippen LogP contribution in [0.3, 0.4) is 0 Å². The summed E-state index contributed by atoms with van der Waals surface area (Å²) < 4.78 is 5.60. The number of ether oxygens (including phenoxy) is 1. The molecule has 0 aliphatic heterocycles. The van der Waals surface area contributed by atoms with E-state index >= 15 is 0 Å². The number of benzene rings is 1. The minimum atomic E-state index is 0.188. The summed E-state index contributed by atoms with van der Waals surface area (Å²) in [7, 11) is 0. The molecule has 1 aliphatic rings. The van der Waals surface area contributed by atoms with Crippen LogP contribution in [0.25, 0.3) is 0 Å². The van der Waals surface area contributed by atoms with Crippen molar-refractivity contribution >= 4 is 17.4 Å². The molecule has 0 spiro atoms. The molecule has 1 aromatic carbocycles. The molecule has 18 heavy (non-hydrogen) atoms. The number of hydrogen-bond donors (Lipinski definition) is 0. The van der Waals surface area contributed by atoms with Crippen molar-refractivity contribution < 1.29 is 9.53 Å². The third kappa shape index (κ3) is 3.49. The molecule has 0 amide bonds. The number of carbonyl (C=O) groups excluding carboxylic acids is 1. The fourth-order valence-corrected chi connectivity index (χ4v) is 2.69. The number of halogens is 1. The van der Waals surface area contributed by atoms with Gasteiger partial charge in [0.05, 0.1) is 0 Å². The average Bonchev–Trinajstić information content (AvgIpc) is 2.38. The third-order valence-corrected chi connectivity index (χ3v) is 3.80. The van der Waals surface area contributed by atoms with E-state index in [9.17, 15) is 4.79 Å². The molecule has 2 rings (SSSR count). The van der Waals surface area contributed by atoms with Gasteiger partial charge in [-0.25, -0.2) is 0 Å². The van der Waals surface area contributed by atoms with Gasteiger partial charge >= 0.3 is 0 Å². The Balaban J connectivity index is 1.88. The molecule has 0 atom stereocenters. The summed E-state index contributed by atoms with van der Waals surface area (Å²) in [6.45, 7) is 2.12. The second-order valence-corrected chi connectivity index (χ2v) is 5.44. The SMILES string of the molecule is Cc1cc(Cl)ccc1OCC(=O)C1CCCCC1. The van der Waals surface area contributed by atoms with Gasteiger partial charge in [-0.3, -0.25) is 4.79 Å². The zero-order valence-corrected chi connectivity index (χ0v) is 11.5. The summed E-state index contributed by atoms with van der Waals surface area (Å²) in [5.74, 6) is 1.21. The number of carbonyl (C=O) groups is 1. The maximum absolute atomic E-state index is 12.0. The smallest absolute Gasteiger partial charge is 0.173 e. The topological polar surface area (TPSA) is 26.3 Å². The summed E-state index contributed by atoms with van der Waals surface area (Å²) in [5, 5.41) is 0.693. The summed E-state index contributed by atoms with van der Waals surface area (Å²) in [4.78, 5) is 12.0. The quantitative estimate of drug-likeness (QED) is 0.817. The van der Waals surface area contributed by atoms with Crippen molar-refractivity contribution in [1.29, 1.82) is 0 Å². The highest BCUT2D eigenvalue weighted by atomic mass is 35.5. The van der Waals surface area contributed by atoms with Gasteiger partial charge in [0.25, 0.3) is 0 Å². The number of Topliss-reactive ketones (excluding diaryl/α,β-unsaturated/α-hetero) is 1. The summed E-state index contributed by atoms with van der Waals surface area (Å²) in [5.41, 5.74) is 0.971. The lowest BCUT2D eigenvalue weighted by Crippen LogP contribution is -2.23. The molecule has 3 heteroatoms. The van der Waals surface area contributed by atoms with Crippen molar-refractivity contribution in [3.8, 4) is 5.75 Å². The molecule has 98 valence electrons. The van der Waals surface area contributed by atoms with Gasteiger partial charge < -0.3 is 4.74 Å². The van der Waals surface area contributed by atoms with E-state index < -0.39 is 0 Å². The summed E-state index contributed by atoms with van der Waals surface area (Å²) in [6.07, 6.45) is 5.68. The van der Waals surface area contributed by atoms with Gasteiger partial charge in [0, 0.05) is 10.9 Å². The number of aryl methyl sites for hydroxylation is 1. The lowest BCUT2D eigenvalue weighted by atomic mass is 9.86. The Morgan fingerprint density at radius 3 is 2.72 bits per heavy atom. The maximum atomic E-state index is 12.0. The van der Waals surface area contributed by atoms with E-state index in [1.807, 2.05) is 19.1 Å². The Morgan fingerprint density at radius 1 is 1.33 bits per heavy atom. The monoisotopic (exact) mass is 266 g/mol. The molecule has 0 radical (unpaired) electrons. The van der Waals surface area contributed by atoms with Gasteiger partial charge in [0.15, 0.2) is 5.78 Å². The largest absolute Gasteiger partial charge is 0.486 e. The van der Waals surface area contributed by atoms with Gasteiger partial charge in [-0.15, -0.1) is 0 Å². The second kappa shape index (κ2) is 6.24. The predicted molar refractivity (Wildman–Crippen MR) is 73.3 cm³/mol. The zero-order chi connectivity index (χ0) is 13.0. The Labute approximate surface area is 113 Å². The van der Waals surface area contributed by atoms with E-state index in [2.05, 4.69) is 0 Å². The van der Waals surface area contributed by atoms with E-state index in [0.29, 0.717) is 5.02 Å². The van der Waals surface area contributed by atoms with Crippen molar-refractivity contribution in [2.75, 3.05) is 6.61 Å². The minimum absolute atomic E-state index is 0.188. The molecule has 1 aromatic rings. The van der Waals surface area contributed by atoms with Crippen LogP contribution in [-0.2, 0) is 4.79 Å². The maximum Gasteiger partial charge on any atom is 0.173 e. The third-order valence-electron chi connectivity index (χ3n) is 3.57. The lowest BCUT2D eigenvalue weighted by Gasteiger charge is -2.20. The Morgan fingerprint density at radius 2 is 2.06 bits per heavy atom. The van der Waals surface area contributed by atoms with Gasteiger partial charge in [-0.05, 0) is 43.5 Å². The van der Waals surface area contributed by atoms with Crippen molar-refractivity contribution in [2.45, 2.75) is 39.0 Å². The van der Waals surface area contributed by atoms with Crippen molar-refractivity contribution in [3.05, 3.63) is 28.8 Å². The lowest BCUT2D eigenvalue weighted by molar-refractivity contribution is -0.125. The van der Waals surface area contributed by atoms with Crippen molar-refractivity contribution in [2.24, 2.45) is 5.92 Å². The number of hydrogen-bond acceptors (Lipinski definition) is 2. The number of rotatable bonds is 4. The fraction of sp³-hybridized carbons (Fsp3) is 0.533. The standard InChI is InChI=1S/C15H19ClO2/c1-11-9-13(16)7-8-15(11)18-10-14(17)12-5-3-2-4-6-12/h7-9,12H,2-6,10H2,1H3. The van der Waals surface area contributed by atoms with Crippen LogP contribution in [-0.4, -0.2) is 12.4 Å². The molecule has 0 aromatic heterocycles. The zero-order valence-electron chi connectivity index (χ0n) is 10.7. The molecule has 1 aliphatic carbocycles. The van der Waals surface area contributed by atoms with Gasteiger partial charge in [-0.2, -0.15) is 0 Å². The van der Waals surface area contributed by atoms with Gasteiger partial charge in [0.2, 0.25) is 0 Å². The van der Waals surface area contributed by atoms with Crippen LogP contribution < -0.4 is 4.74 Å². The van der Waals surface area contributed by atoms with Crippen LogP contribution in [0.4, 0.5) is 0 Å². The van der Waals surface area contributed by atoms with Gasteiger partial charge in [-0.1, -0.05) is 30.9 Å². The fourth-order valence-electron chi connectivity index (χ4n) is 2.47. The average molecular weight is 267 g/mol. The molecule has 0 N–H and O–H groups in total. The normalized spacial score (nSPS) is 16.6. The highest BCUT2D eigenvalue weighted by molar-refractivity contribution is 6.30. The van der Waals surface area contributed by atoms with Crippen molar-refractivity contribution in [1.82, 2.24) is 0 Å². The van der Waals surface area contributed by atoms with E-state index in [0.717, 1.165) is 24.2 Å². The molecular formula is C15H19ClO2. The first-order valence-electron chi connectivity index (χ1n) is 6.58. The van der Waals surface area contributed by atoms with Crippen LogP contribution in [0.15, 0.2) is 18.2 Å². The molecule has 0 bridgehead atoms. The van der Waals surface area contributed by atoms with Gasteiger partial charge in [0.1, 0.15) is 12.4 Å². The number of ketones is 1. The molecule has 0 unspecified atom stereocenters. The molecule has 2 nitrogen and oxygen atoms in total. The van der Waals surface area contributed by atoms with E-state index in [-0.39, 0.29) is 18.3 Å². The first-order valence-corrected chi connectivity index (χ1v) is 6.96. The van der Waals surface area contributed by atoms with Crippen LogP contribution in [0, 0.1) is 12.8 Å². The van der Waals surface area contributed by atoms with Crippen molar-refractivity contribution in [3.63, 3.8) is 0 Å². The second-order valence-electron chi connectivity index (χ2n) is 5.00. The Hall–Kier alpha value is -1.02. The summed E-state index contributed by atoms with van der Waals surface area (Å²) >= 11 is 5.88. The first kappa shape index (κ1) is 13.4. The van der Waals surface area contributed by atoms with E-state index in [1.165, 1.54) is 19.3 Å². The predicted octanol–water partition coefficient (Wildman–Crippen LogP) is 4.18. The highest BCUT2D eigenvalue weighted by Gasteiger charge is 2.21. The molecule has 0 heterocycles. The molecule has 1 saturated carbocycles. The molecule has 1 fully saturated rings. The van der Waals surface area contributed by atoms with Crippen LogP contribution >= 0.6 is 11.6 Å². The Bertz CT molecular complexity index is 423. The van der Waals surface area contributed by atoms with E-state index in [4.69, 9.17) is 16.3 Å². The minimum Gasteiger partial charge on any atom is -0.486 e. The van der Waals surface area contributed by atoms with Crippen LogP contribution in [0.1, 0.15) is 37.7 Å². The molecule has 0 saturated heterocycles.